The average molecular weight is 401 g/mol. The van der Waals surface area contributed by atoms with Crippen LogP contribution in [0.15, 0.2) is 79.0 Å². The van der Waals surface area contributed by atoms with Gasteiger partial charge in [-0.2, -0.15) is 0 Å². The van der Waals surface area contributed by atoms with Gasteiger partial charge in [-0.1, -0.05) is 30.3 Å². The van der Waals surface area contributed by atoms with Gasteiger partial charge in [0.25, 0.3) is 5.91 Å². The largest absolute Gasteiger partial charge is 0.387 e. The van der Waals surface area contributed by atoms with Crippen LogP contribution in [0.2, 0.25) is 0 Å². The van der Waals surface area contributed by atoms with E-state index in [2.05, 4.69) is 15.6 Å². The lowest BCUT2D eigenvalue weighted by Gasteiger charge is -2.24. The van der Waals surface area contributed by atoms with Crippen molar-refractivity contribution in [2.24, 2.45) is 0 Å². The van der Waals surface area contributed by atoms with Crippen LogP contribution in [0.3, 0.4) is 0 Å². The molecule has 1 aliphatic heterocycles. The standard InChI is InChI=1S/C23H23N5O2/c1-24-21-14-18-6-3-2-5-17(18)13-20(21)23(30)28-10-4-7-19(15-28)22(29)26-9-12-27-11-8-25-16-27/h2-8,10-11,13-14,16,24H,9,12,15H2,1H3,(H,26,29). The Hall–Kier alpha value is -3.87. The van der Waals surface area contributed by atoms with Gasteiger partial charge in [-0.25, -0.2) is 4.98 Å². The Bertz CT molecular complexity index is 1130. The third kappa shape index (κ3) is 4.10. The minimum Gasteiger partial charge on any atom is -0.387 e. The number of benzene rings is 2. The van der Waals surface area contributed by atoms with Crippen LogP contribution in [0.4, 0.5) is 5.69 Å². The van der Waals surface area contributed by atoms with Crippen LogP contribution < -0.4 is 10.6 Å². The summed E-state index contributed by atoms with van der Waals surface area (Å²) in [4.78, 5) is 31.3. The van der Waals surface area contributed by atoms with Crippen molar-refractivity contribution in [3.05, 3.63) is 84.6 Å². The minimum atomic E-state index is -0.176. The lowest BCUT2D eigenvalue weighted by molar-refractivity contribution is -0.117. The molecule has 0 aliphatic carbocycles. The van der Waals surface area contributed by atoms with E-state index in [0.717, 1.165) is 16.5 Å². The van der Waals surface area contributed by atoms with Gasteiger partial charge in [-0.3, -0.25) is 9.59 Å². The van der Waals surface area contributed by atoms with E-state index in [9.17, 15) is 9.59 Å². The van der Waals surface area contributed by atoms with Crippen LogP contribution >= 0.6 is 0 Å². The molecule has 0 bridgehead atoms. The third-order valence-electron chi connectivity index (χ3n) is 5.06. The summed E-state index contributed by atoms with van der Waals surface area (Å²) >= 11 is 0. The number of fused-ring (bicyclic) bond motifs is 1. The lowest BCUT2D eigenvalue weighted by Crippen LogP contribution is -2.36. The number of imidazole rings is 1. The van der Waals surface area contributed by atoms with Gasteiger partial charge in [0.05, 0.1) is 18.4 Å². The van der Waals surface area contributed by atoms with Gasteiger partial charge in [-0.15, -0.1) is 0 Å². The van der Waals surface area contributed by atoms with Gasteiger partial charge < -0.3 is 20.1 Å². The Labute approximate surface area is 174 Å². The summed E-state index contributed by atoms with van der Waals surface area (Å²) in [5.74, 6) is -0.331. The molecule has 2 amide bonds. The molecule has 0 radical (unpaired) electrons. The predicted octanol–water partition coefficient (Wildman–Crippen LogP) is 2.79. The molecule has 0 unspecified atom stereocenters. The van der Waals surface area contributed by atoms with E-state index < -0.39 is 0 Å². The van der Waals surface area contributed by atoms with E-state index in [4.69, 9.17) is 0 Å². The van der Waals surface area contributed by atoms with Crippen LogP contribution in [0, 0.1) is 0 Å². The highest BCUT2D eigenvalue weighted by atomic mass is 16.2. The van der Waals surface area contributed by atoms with Crippen LogP contribution in [0.1, 0.15) is 10.4 Å². The van der Waals surface area contributed by atoms with E-state index >= 15 is 0 Å². The molecule has 2 heterocycles. The number of nitrogens with zero attached hydrogens (tertiary/aromatic N) is 3. The number of aromatic nitrogens is 2. The molecular weight excluding hydrogens is 378 g/mol. The number of carbonyl (C=O) groups excluding carboxylic acids is 2. The molecule has 1 aliphatic rings. The minimum absolute atomic E-state index is 0.154. The Morgan fingerprint density at radius 1 is 1.17 bits per heavy atom. The first-order chi connectivity index (χ1) is 14.7. The molecule has 0 fully saturated rings. The summed E-state index contributed by atoms with van der Waals surface area (Å²) in [5, 5.41) is 8.06. The van der Waals surface area contributed by atoms with Crippen molar-refractivity contribution in [3.8, 4) is 0 Å². The molecular formula is C23H23N5O2. The van der Waals surface area contributed by atoms with Gasteiger partial charge in [0, 0.05) is 50.0 Å². The van der Waals surface area contributed by atoms with Crippen LogP contribution in [-0.4, -0.2) is 46.4 Å². The number of nitrogens with one attached hydrogen (secondary N) is 2. The van der Waals surface area contributed by atoms with E-state index in [1.165, 1.54) is 0 Å². The molecule has 4 rings (SSSR count). The van der Waals surface area contributed by atoms with Crippen molar-refractivity contribution in [1.82, 2.24) is 19.8 Å². The summed E-state index contributed by atoms with van der Waals surface area (Å²) < 4.78 is 1.89. The molecule has 30 heavy (non-hydrogen) atoms. The Morgan fingerprint density at radius 2 is 1.97 bits per heavy atom. The maximum absolute atomic E-state index is 13.2. The number of allylic oxidation sites excluding steroid dienone is 2. The SMILES string of the molecule is CNc1cc2ccccc2cc1C(=O)N1C=CC=C(C(=O)NCCn2ccnc2)C1. The van der Waals surface area contributed by atoms with Crippen molar-refractivity contribution in [2.45, 2.75) is 6.54 Å². The summed E-state index contributed by atoms with van der Waals surface area (Å²) in [6.45, 7) is 1.35. The zero-order valence-corrected chi connectivity index (χ0v) is 16.7. The molecule has 152 valence electrons. The van der Waals surface area contributed by atoms with Gasteiger partial charge in [0.2, 0.25) is 5.91 Å². The second-order valence-corrected chi connectivity index (χ2v) is 7.02. The van der Waals surface area contributed by atoms with Gasteiger partial charge in [-0.05, 0) is 29.0 Å². The van der Waals surface area contributed by atoms with Crippen molar-refractivity contribution < 1.29 is 9.59 Å². The van der Waals surface area contributed by atoms with Crippen molar-refractivity contribution in [2.75, 3.05) is 25.5 Å². The summed E-state index contributed by atoms with van der Waals surface area (Å²) in [7, 11) is 1.80. The first-order valence-corrected chi connectivity index (χ1v) is 9.78. The lowest BCUT2D eigenvalue weighted by atomic mass is 10.0. The van der Waals surface area contributed by atoms with Gasteiger partial charge in [0.1, 0.15) is 0 Å². The van der Waals surface area contributed by atoms with E-state index in [-0.39, 0.29) is 18.4 Å². The van der Waals surface area contributed by atoms with Crippen molar-refractivity contribution in [3.63, 3.8) is 0 Å². The molecule has 2 aromatic carbocycles. The number of anilines is 1. The summed E-state index contributed by atoms with van der Waals surface area (Å²) in [6, 6.07) is 11.8. The molecule has 1 aromatic heterocycles. The molecule has 0 spiro atoms. The van der Waals surface area contributed by atoms with Gasteiger partial charge in [0.15, 0.2) is 0 Å². The topological polar surface area (TPSA) is 79.3 Å². The van der Waals surface area contributed by atoms with E-state index in [0.29, 0.717) is 24.2 Å². The highest BCUT2D eigenvalue weighted by molar-refractivity contribution is 6.05. The quantitative estimate of drug-likeness (QED) is 0.666. The smallest absolute Gasteiger partial charge is 0.260 e. The number of hydrogen-bond acceptors (Lipinski definition) is 4. The highest BCUT2D eigenvalue weighted by Gasteiger charge is 2.22. The average Bonchev–Trinajstić information content (AvgIpc) is 3.31. The first kappa shape index (κ1) is 19.4. The van der Waals surface area contributed by atoms with E-state index in [1.807, 2.05) is 47.2 Å². The molecule has 2 N–H and O–H groups in total. The second-order valence-electron chi connectivity index (χ2n) is 7.02. The normalized spacial score (nSPS) is 13.2. The highest BCUT2D eigenvalue weighted by Crippen LogP contribution is 2.26. The number of rotatable bonds is 6. The fourth-order valence-corrected chi connectivity index (χ4v) is 3.45. The Balaban J connectivity index is 1.45. The van der Waals surface area contributed by atoms with Crippen molar-refractivity contribution >= 4 is 28.3 Å². The number of carbonyl (C=O) groups is 2. The molecule has 0 atom stereocenters. The monoisotopic (exact) mass is 401 g/mol. The maximum atomic E-state index is 13.2. The fraction of sp³-hybridized carbons (Fsp3) is 0.174. The maximum Gasteiger partial charge on any atom is 0.260 e. The van der Waals surface area contributed by atoms with Crippen LogP contribution in [0.5, 0.6) is 0 Å². The second kappa shape index (κ2) is 8.65. The Kier molecular flexibility index (Phi) is 5.61. The predicted molar refractivity (Wildman–Crippen MR) is 117 cm³/mol. The van der Waals surface area contributed by atoms with Crippen LogP contribution in [-0.2, 0) is 11.3 Å². The molecule has 0 saturated carbocycles. The summed E-state index contributed by atoms with van der Waals surface area (Å²) in [5.41, 5.74) is 1.87. The summed E-state index contributed by atoms with van der Waals surface area (Å²) in [6.07, 6.45) is 10.4. The third-order valence-corrected chi connectivity index (χ3v) is 5.06. The zero-order valence-electron chi connectivity index (χ0n) is 16.7. The first-order valence-electron chi connectivity index (χ1n) is 9.78. The van der Waals surface area contributed by atoms with Crippen molar-refractivity contribution in [1.29, 1.82) is 0 Å². The molecule has 7 nitrogen and oxygen atoms in total. The van der Waals surface area contributed by atoms with Crippen LogP contribution in [0.25, 0.3) is 10.8 Å². The number of amides is 2. The van der Waals surface area contributed by atoms with Gasteiger partial charge >= 0.3 is 0 Å². The molecule has 0 saturated heterocycles. The molecule has 7 heteroatoms. The fourth-order valence-electron chi connectivity index (χ4n) is 3.45. The molecule has 3 aromatic rings. The number of hydrogen-bond donors (Lipinski definition) is 2. The zero-order chi connectivity index (χ0) is 20.9. The Morgan fingerprint density at radius 3 is 2.70 bits per heavy atom. The van der Waals surface area contributed by atoms with E-state index in [1.54, 1.807) is 42.8 Å².